The number of likely N-dealkylation sites (N-methyl/N-ethyl adjacent to an activating group) is 1. The number of hydrogen-bond donors (Lipinski definition) is 1. The number of rotatable bonds is 6. The van der Waals surface area contributed by atoms with Crippen LogP contribution in [0.3, 0.4) is 0 Å². The molecule has 1 aliphatic heterocycles. The van der Waals surface area contributed by atoms with Crippen LogP contribution in [0.1, 0.15) is 20.8 Å². The molecule has 146 valence electrons. The molecule has 1 atom stereocenters. The minimum absolute atomic E-state index is 0.0633. The number of benzene rings is 1. The molecule has 1 saturated heterocycles. The molecule has 26 heavy (non-hydrogen) atoms. The van der Waals surface area contributed by atoms with Gasteiger partial charge in [0.25, 0.3) is 0 Å². The average Bonchev–Trinajstić information content (AvgIpc) is 2.61. The first-order valence-corrected chi connectivity index (χ1v) is 10.9. The Morgan fingerprint density at radius 3 is 2.35 bits per heavy atom. The van der Waals surface area contributed by atoms with Crippen LogP contribution in [0.4, 0.5) is 0 Å². The molecule has 0 saturated carbocycles. The zero-order chi connectivity index (χ0) is 19.5. The summed E-state index contributed by atoms with van der Waals surface area (Å²) >= 11 is 11.9. The fraction of sp³-hybridized carbons (Fsp3) is 0.588. The maximum absolute atomic E-state index is 12.9. The number of sulfonamides is 1. The highest BCUT2D eigenvalue weighted by atomic mass is 35.5. The summed E-state index contributed by atoms with van der Waals surface area (Å²) in [5.41, 5.74) is 0. The highest BCUT2D eigenvalue weighted by molar-refractivity contribution is 7.89. The molecule has 0 spiro atoms. The maximum atomic E-state index is 12.9. The van der Waals surface area contributed by atoms with Gasteiger partial charge >= 0.3 is 0 Å². The number of hydrogen-bond acceptors (Lipinski definition) is 4. The van der Waals surface area contributed by atoms with Crippen molar-refractivity contribution in [3.05, 3.63) is 28.2 Å². The number of piperazine rings is 1. The largest absolute Gasteiger partial charge is 0.339 e. The van der Waals surface area contributed by atoms with Gasteiger partial charge in [0, 0.05) is 31.2 Å². The predicted octanol–water partition coefficient (Wildman–Crippen LogP) is 2.46. The Bertz CT molecular complexity index is 748. The summed E-state index contributed by atoms with van der Waals surface area (Å²) in [6, 6.07) is 3.37. The van der Waals surface area contributed by atoms with Gasteiger partial charge in [-0.25, -0.2) is 8.42 Å². The Kier molecular flexibility index (Phi) is 7.33. The molecule has 6 nitrogen and oxygen atoms in total. The summed E-state index contributed by atoms with van der Waals surface area (Å²) in [5, 5.41) is 0.325. The summed E-state index contributed by atoms with van der Waals surface area (Å²) in [6.45, 7) is 9.41. The number of carbonyl (C=O) groups excluding carboxylic acids is 1. The fourth-order valence-corrected chi connectivity index (χ4v) is 4.97. The molecular weight excluding hydrogens is 397 g/mol. The molecule has 0 aromatic heterocycles. The number of amides is 1. The zero-order valence-corrected chi connectivity index (χ0v) is 17.5. The predicted molar refractivity (Wildman–Crippen MR) is 104 cm³/mol. The second kappa shape index (κ2) is 8.89. The van der Waals surface area contributed by atoms with Crippen molar-refractivity contribution in [2.75, 3.05) is 32.7 Å². The van der Waals surface area contributed by atoms with Gasteiger partial charge in [-0.1, -0.05) is 44.0 Å². The van der Waals surface area contributed by atoms with Crippen LogP contribution in [-0.2, 0) is 14.8 Å². The van der Waals surface area contributed by atoms with Crippen molar-refractivity contribution >= 4 is 39.1 Å². The Morgan fingerprint density at radius 1 is 1.19 bits per heavy atom. The third-order valence-electron chi connectivity index (χ3n) is 4.53. The number of halogens is 2. The van der Waals surface area contributed by atoms with Crippen LogP contribution in [-0.4, -0.2) is 62.9 Å². The van der Waals surface area contributed by atoms with Crippen molar-refractivity contribution in [3.8, 4) is 0 Å². The van der Waals surface area contributed by atoms with E-state index in [4.69, 9.17) is 23.2 Å². The van der Waals surface area contributed by atoms with Crippen LogP contribution >= 0.6 is 23.2 Å². The molecule has 1 aliphatic rings. The first-order chi connectivity index (χ1) is 12.2. The van der Waals surface area contributed by atoms with Gasteiger partial charge in [0.1, 0.15) is 10.9 Å². The van der Waals surface area contributed by atoms with Crippen LogP contribution in [0.5, 0.6) is 0 Å². The highest BCUT2D eigenvalue weighted by Crippen LogP contribution is 2.25. The molecule has 1 amide bonds. The van der Waals surface area contributed by atoms with Gasteiger partial charge in [-0.3, -0.25) is 4.79 Å². The normalized spacial score (nSPS) is 17.5. The van der Waals surface area contributed by atoms with Gasteiger partial charge in [-0.05, 0) is 30.7 Å². The van der Waals surface area contributed by atoms with Gasteiger partial charge in [-0.2, -0.15) is 4.72 Å². The van der Waals surface area contributed by atoms with E-state index >= 15 is 0 Å². The molecule has 1 fully saturated rings. The number of nitrogens with zero attached hydrogens (tertiary/aromatic N) is 2. The third kappa shape index (κ3) is 5.10. The van der Waals surface area contributed by atoms with E-state index in [1.165, 1.54) is 18.2 Å². The van der Waals surface area contributed by atoms with Crippen molar-refractivity contribution in [2.45, 2.75) is 31.7 Å². The Balaban J connectivity index is 2.19. The van der Waals surface area contributed by atoms with E-state index in [0.717, 1.165) is 19.6 Å². The van der Waals surface area contributed by atoms with E-state index in [2.05, 4.69) is 16.5 Å². The molecule has 2 rings (SSSR count). The van der Waals surface area contributed by atoms with E-state index in [9.17, 15) is 13.2 Å². The van der Waals surface area contributed by atoms with Crippen LogP contribution in [0.2, 0.25) is 10.0 Å². The first kappa shape index (κ1) is 21.4. The number of carbonyl (C=O) groups is 1. The second-order valence-electron chi connectivity index (χ2n) is 6.68. The van der Waals surface area contributed by atoms with Crippen molar-refractivity contribution < 1.29 is 13.2 Å². The number of nitrogens with one attached hydrogen (secondary N) is 1. The minimum Gasteiger partial charge on any atom is -0.339 e. The Hall–Kier alpha value is -0.860. The monoisotopic (exact) mass is 421 g/mol. The summed E-state index contributed by atoms with van der Waals surface area (Å²) < 4.78 is 28.1. The molecule has 1 aromatic rings. The van der Waals surface area contributed by atoms with E-state index < -0.39 is 16.1 Å². The van der Waals surface area contributed by atoms with Crippen molar-refractivity contribution in [1.29, 1.82) is 0 Å². The molecule has 1 aromatic carbocycles. The van der Waals surface area contributed by atoms with E-state index in [1.54, 1.807) is 4.90 Å². The standard InChI is InChI=1S/C17H25Cl2N3O3S/c1-4-21-7-9-22(10-8-21)17(23)16(12(2)3)20-26(24,25)15-11-13(18)5-6-14(15)19/h5-6,11-12,16,20H,4,7-10H2,1-3H3. The molecule has 0 radical (unpaired) electrons. The van der Waals surface area contributed by atoms with E-state index in [0.29, 0.717) is 13.1 Å². The van der Waals surface area contributed by atoms with Crippen LogP contribution in [0.25, 0.3) is 0 Å². The van der Waals surface area contributed by atoms with Gasteiger partial charge < -0.3 is 9.80 Å². The maximum Gasteiger partial charge on any atom is 0.242 e. The SMILES string of the molecule is CCN1CCN(C(=O)C(NS(=O)(=O)c2cc(Cl)ccc2Cl)C(C)C)CC1. The first-order valence-electron chi connectivity index (χ1n) is 8.64. The summed E-state index contributed by atoms with van der Waals surface area (Å²) in [7, 11) is -3.98. The Morgan fingerprint density at radius 2 is 1.81 bits per heavy atom. The minimum atomic E-state index is -3.98. The molecule has 9 heteroatoms. The van der Waals surface area contributed by atoms with Crippen molar-refractivity contribution in [2.24, 2.45) is 5.92 Å². The molecule has 1 N–H and O–H groups in total. The Labute approximate surface area is 165 Å². The lowest BCUT2D eigenvalue weighted by atomic mass is 10.0. The summed E-state index contributed by atoms with van der Waals surface area (Å²) in [4.78, 5) is 16.8. The highest BCUT2D eigenvalue weighted by Gasteiger charge is 2.33. The molecule has 1 heterocycles. The lowest BCUT2D eigenvalue weighted by molar-refractivity contribution is -0.135. The zero-order valence-electron chi connectivity index (χ0n) is 15.2. The summed E-state index contributed by atoms with van der Waals surface area (Å²) in [5.74, 6) is -0.420. The van der Waals surface area contributed by atoms with Gasteiger partial charge in [0.2, 0.25) is 15.9 Å². The van der Waals surface area contributed by atoms with E-state index in [-0.39, 0.29) is 26.8 Å². The van der Waals surface area contributed by atoms with Gasteiger partial charge in [-0.15, -0.1) is 0 Å². The van der Waals surface area contributed by atoms with E-state index in [1.807, 2.05) is 13.8 Å². The molecular formula is C17H25Cl2N3O3S. The van der Waals surface area contributed by atoms with Gasteiger partial charge in [0.15, 0.2) is 0 Å². The average molecular weight is 422 g/mol. The van der Waals surface area contributed by atoms with Crippen molar-refractivity contribution in [3.63, 3.8) is 0 Å². The lowest BCUT2D eigenvalue weighted by Gasteiger charge is -2.36. The van der Waals surface area contributed by atoms with Crippen LogP contribution in [0.15, 0.2) is 23.1 Å². The lowest BCUT2D eigenvalue weighted by Crippen LogP contribution is -2.56. The summed E-state index contributed by atoms with van der Waals surface area (Å²) in [6.07, 6.45) is 0. The second-order valence-corrected chi connectivity index (χ2v) is 9.20. The van der Waals surface area contributed by atoms with Crippen LogP contribution < -0.4 is 4.72 Å². The molecule has 1 unspecified atom stereocenters. The smallest absolute Gasteiger partial charge is 0.242 e. The molecule has 0 bridgehead atoms. The van der Waals surface area contributed by atoms with Crippen LogP contribution in [0, 0.1) is 5.92 Å². The fourth-order valence-electron chi connectivity index (χ4n) is 2.87. The van der Waals surface area contributed by atoms with Crippen molar-refractivity contribution in [1.82, 2.24) is 14.5 Å². The molecule has 0 aliphatic carbocycles. The topological polar surface area (TPSA) is 69.7 Å². The van der Waals surface area contributed by atoms with Gasteiger partial charge in [0.05, 0.1) is 5.02 Å². The quantitative estimate of drug-likeness (QED) is 0.765. The third-order valence-corrected chi connectivity index (χ3v) is 6.69.